The number of nitrogens with one attached hydrogen (secondary N) is 1. The van der Waals surface area contributed by atoms with Gasteiger partial charge in [-0.15, -0.1) is 0 Å². The highest BCUT2D eigenvalue weighted by Crippen LogP contribution is 2.25. The Kier molecular flexibility index (Phi) is 2.37. The van der Waals surface area contributed by atoms with E-state index < -0.39 is 0 Å². The van der Waals surface area contributed by atoms with Gasteiger partial charge in [0.2, 0.25) is 0 Å². The van der Waals surface area contributed by atoms with Crippen molar-refractivity contribution in [2.45, 2.75) is 6.54 Å². The maximum absolute atomic E-state index is 11.2. The van der Waals surface area contributed by atoms with Crippen molar-refractivity contribution in [2.24, 2.45) is 0 Å². The third-order valence-corrected chi connectivity index (χ3v) is 2.36. The van der Waals surface area contributed by atoms with Gasteiger partial charge in [-0.05, 0) is 17.7 Å². The fourth-order valence-corrected chi connectivity index (χ4v) is 1.55. The molecule has 5 heteroatoms. The Labute approximate surface area is 86.9 Å². The summed E-state index contributed by atoms with van der Waals surface area (Å²) >= 11 is 0. The highest BCUT2D eigenvalue weighted by molar-refractivity contribution is 5.76. The molecule has 2 rings (SSSR count). The number of rotatable bonds is 2. The fourth-order valence-electron chi connectivity index (χ4n) is 1.55. The molecule has 3 N–H and O–H groups in total. The summed E-state index contributed by atoms with van der Waals surface area (Å²) < 4.78 is 0. The van der Waals surface area contributed by atoms with Crippen molar-refractivity contribution in [2.75, 3.05) is 13.1 Å². The van der Waals surface area contributed by atoms with Crippen molar-refractivity contribution in [3.63, 3.8) is 0 Å². The number of hydrogen-bond donors (Lipinski definition) is 3. The maximum Gasteiger partial charge on any atom is 0.317 e. The van der Waals surface area contributed by atoms with Gasteiger partial charge >= 0.3 is 6.03 Å². The Morgan fingerprint density at radius 2 is 2.13 bits per heavy atom. The Hall–Kier alpha value is -1.91. The molecule has 0 unspecified atom stereocenters. The van der Waals surface area contributed by atoms with E-state index in [1.807, 2.05) is 0 Å². The average Bonchev–Trinajstić information content (AvgIpc) is 2.59. The Morgan fingerprint density at radius 3 is 2.73 bits per heavy atom. The van der Waals surface area contributed by atoms with E-state index in [4.69, 9.17) is 5.11 Å². The minimum Gasteiger partial charge on any atom is -0.504 e. The van der Waals surface area contributed by atoms with E-state index in [1.54, 1.807) is 11.0 Å². The molecule has 5 nitrogen and oxygen atoms in total. The second-order valence-electron chi connectivity index (χ2n) is 3.48. The number of benzene rings is 1. The highest BCUT2D eigenvalue weighted by Gasteiger charge is 2.19. The smallest absolute Gasteiger partial charge is 0.317 e. The van der Waals surface area contributed by atoms with E-state index >= 15 is 0 Å². The molecule has 0 bridgehead atoms. The zero-order valence-corrected chi connectivity index (χ0v) is 8.10. The number of hydrogen-bond acceptors (Lipinski definition) is 3. The molecule has 2 amide bonds. The molecule has 1 aromatic rings. The number of phenols is 2. The van der Waals surface area contributed by atoms with E-state index in [2.05, 4.69) is 5.32 Å². The normalized spacial score (nSPS) is 15.5. The summed E-state index contributed by atoms with van der Waals surface area (Å²) in [5.74, 6) is -0.309. The summed E-state index contributed by atoms with van der Waals surface area (Å²) in [6.45, 7) is 1.77. The molecule has 15 heavy (non-hydrogen) atoms. The minimum atomic E-state index is -0.160. The summed E-state index contributed by atoms with van der Waals surface area (Å²) in [5.41, 5.74) is 0.794. The number of nitrogens with zero attached hydrogens (tertiary/aromatic N) is 1. The van der Waals surface area contributed by atoms with Gasteiger partial charge < -0.3 is 20.4 Å². The van der Waals surface area contributed by atoms with Gasteiger partial charge in [0.05, 0.1) is 0 Å². The van der Waals surface area contributed by atoms with Crippen LogP contribution < -0.4 is 5.32 Å². The largest absolute Gasteiger partial charge is 0.504 e. The standard InChI is InChI=1S/C10H12N2O3/c13-8-2-1-7(5-9(8)14)6-12-4-3-11-10(12)15/h1-2,5,13-14H,3-4,6H2,(H,11,15). The molecule has 0 aliphatic carbocycles. The minimum absolute atomic E-state index is 0.0948. The predicted octanol–water partition coefficient (Wildman–Crippen LogP) is 0.623. The van der Waals surface area contributed by atoms with Crippen LogP contribution in [0.1, 0.15) is 5.56 Å². The molecular weight excluding hydrogens is 196 g/mol. The summed E-state index contributed by atoms with van der Waals surface area (Å²) in [7, 11) is 0. The summed E-state index contributed by atoms with van der Waals surface area (Å²) in [6.07, 6.45) is 0. The lowest BCUT2D eigenvalue weighted by molar-refractivity contribution is 0.215. The van der Waals surface area contributed by atoms with Crippen LogP contribution in [0.3, 0.4) is 0 Å². The molecule has 1 aliphatic heterocycles. The van der Waals surface area contributed by atoms with Crippen LogP contribution in [-0.4, -0.2) is 34.2 Å². The quantitative estimate of drug-likeness (QED) is 0.624. The van der Waals surface area contributed by atoms with Crippen molar-refractivity contribution < 1.29 is 15.0 Å². The summed E-state index contributed by atoms with van der Waals surface area (Å²) in [6, 6.07) is 4.46. The first-order valence-electron chi connectivity index (χ1n) is 4.70. The molecule has 80 valence electrons. The maximum atomic E-state index is 11.2. The second-order valence-corrected chi connectivity index (χ2v) is 3.48. The SMILES string of the molecule is O=C1NCCN1Cc1ccc(O)c(O)c1. The number of urea groups is 1. The summed E-state index contributed by atoms with van der Waals surface area (Å²) in [5, 5.41) is 21.1. The van der Waals surface area contributed by atoms with E-state index in [1.165, 1.54) is 12.1 Å². The number of aromatic hydroxyl groups is 2. The highest BCUT2D eigenvalue weighted by atomic mass is 16.3. The van der Waals surface area contributed by atoms with Crippen LogP contribution in [0, 0.1) is 0 Å². The summed E-state index contributed by atoms with van der Waals surface area (Å²) in [4.78, 5) is 12.9. The number of phenolic OH excluding ortho intramolecular Hbond substituents is 2. The average molecular weight is 208 g/mol. The predicted molar refractivity (Wildman–Crippen MR) is 53.6 cm³/mol. The number of carbonyl (C=O) groups is 1. The molecule has 1 aliphatic rings. The third kappa shape index (κ3) is 1.96. The fraction of sp³-hybridized carbons (Fsp3) is 0.300. The zero-order chi connectivity index (χ0) is 10.8. The first-order valence-corrected chi connectivity index (χ1v) is 4.70. The first-order chi connectivity index (χ1) is 7.16. The molecule has 0 aromatic heterocycles. The van der Waals surface area contributed by atoms with Crippen LogP contribution in [0.25, 0.3) is 0 Å². The second kappa shape index (κ2) is 3.68. The Bertz CT molecular complexity index is 392. The molecule has 1 fully saturated rings. The van der Waals surface area contributed by atoms with Crippen LogP contribution in [0.5, 0.6) is 11.5 Å². The topological polar surface area (TPSA) is 72.8 Å². The van der Waals surface area contributed by atoms with Crippen LogP contribution >= 0.6 is 0 Å². The van der Waals surface area contributed by atoms with Gasteiger partial charge in [0.1, 0.15) is 0 Å². The van der Waals surface area contributed by atoms with Gasteiger partial charge in [-0.2, -0.15) is 0 Å². The lowest BCUT2D eigenvalue weighted by Gasteiger charge is -2.14. The monoisotopic (exact) mass is 208 g/mol. The van der Waals surface area contributed by atoms with Crippen LogP contribution in [-0.2, 0) is 6.54 Å². The van der Waals surface area contributed by atoms with Crippen molar-refractivity contribution in [1.29, 1.82) is 0 Å². The first kappa shape index (κ1) is 9.64. The van der Waals surface area contributed by atoms with Gasteiger partial charge in [-0.25, -0.2) is 4.79 Å². The molecule has 0 radical (unpaired) electrons. The van der Waals surface area contributed by atoms with Crippen molar-refractivity contribution in [3.05, 3.63) is 23.8 Å². The molecule has 0 saturated carbocycles. The van der Waals surface area contributed by atoms with Gasteiger partial charge in [0.15, 0.2) is 11.5 Å². The lowest BCUT2D eigenvalue weighted by atomic mass is 10.2. The van der Waals surface area contributed by atoms with Gasteiger partial charge in [-0.3, -0.25) is 0 Å². The van der Waals surface area contributed by atoms with Crippen LogP contribution in [0.2, 0.25) is 0 Å². The van der Waals surface area contributed by atoms with Gasteiger partial charge in [0.25, 0.3) is 0 Å². The van der Waals surface area contributed by atoms with Crippen LogP contribution in [0.4, 0.5) is 4.79 Å². The lowest BCUT2D eigenvalue weighted by Crippen LogP contribution is -2.27. The molecule has 0 atom stereocenters. The zero-order valence-electron chi connectivity index (χ0n) is 8.10. The Morgan fingerprint density at radius 1 is 1.33 bits per heavy atom. The molecule has 1 saturated heterocycles. The van der Waals surface area contributed by atoms with E-state index in [0.717, 1.165) is 5.56 Å². The van der Waals surface area contributed by atoms with Crippen LogP contribution in [0.15, 0.2) is 18.2 Å². The van der Waals surface area contributed by atoms with Gasteiger partial charge in [0, 0.05) is 19.6 Å². The Balaban J connectivity index is 2.10. The van der Waals surface area contributed by atoms with Crippen molar-refractivity contribution >= 4 is 6.03 Å². The van der Waals surface area contributed by atoms with E-state index in [-0.39, 0.29) is 17.5 Å². The molecule has 0 spiro atoms. The number of carbonyl (C=O) groups excluding carboxylic acids is 1. The van der Waals surface area contributed by atoms with Gasteiger partial charge in [-0.1, -0.05) is 6.07 Å². The molecule has 1 aromatic carbocycles. The van der Waals surface area contributed by atoms with Crippen molar-refractivity contribution in [1.82, 2.24) is 10.2 Å². The van der Waals surface area contributed by atoms with E-state index in [0.29, 0.717) is 19.6 Å². The third-order valence-electron chi connectivity index (χ3n) is 2.36. The molecular formula is C10H12N2O3. The van der Waals surface area contributed by atoms with Crippen molar-refractivity contribution in [3.8, 4) is 11.5 Å². The molecule has 1 heterocycles. The van der Waals surface area contributed by atoms with E-state index in [9.17, 15) is 9.90 Å². The number of amides is 2.